The second kappa shape index (κ2) is 5.94. The van der Waals surface area contributed by atoms with Gasteiger partial charge in [-0.1, -0.05) is 24.3 Å². The van der Waals surface area contributed by atoms with Gasteiger partial charge in [0.1, 0.15) is 0 Å². The van der Waals surface area contributed by atoms with Crippen LogP contribution in [0.4, 0.5) is 0 Å². The van der Waals surface area contributed by atoms with E-state index in [9.17, 15) is 4.79 Å². The SMILES string of the molecule is COCCc1ccccc1-c1ccc(C(C)=O)s1. The summed E-state index contributed by atoms with van der Waals surface area (Å²) in [6.45, 7) is 2.31. The zero-order chi connectivity index (χ0) is 13.0. The van der Waals surface area contributed by atoms with Gasteiger partial charge in [0.25, 0.3) is 0 Å². The molecule has 1 aromatic heterocycles. The third kappa shape index (κ3) is 2.86. The van der Waals surface area contributed by atoms with E-state index in [1.807, 2.05) is 24.3 Å². The Morgan fingerprint density at radius 2 is 2.00 bits per heavy atom. The lowest BCUT2D eigenvalue weighted by Crippen LogP contribution is -1.96. The minimum absolute atomic E-state index is 0.126. The molecule has 0 fully saturated rings. The van der Waals surface area contributed by atoms with Gasteiger partial charge in [0, 0.05) is 12.0 Å². The first-order chi connectivity index (χ1) is 8.72. The molecule has 1 heterocycles. The largest absolute Gasteiger partial charge is 0.384 e. The van der Waals surface area contributed by atoms with E-state index in [0.717, 1.165) is 16.2 Å². The molecular weight excluding hydrogens is 244 g/mol. The molecule has 18 heavy (non-hydrogen) atoms. The summed E-state index contributed by atoms with van der Waals surface area (Å²) in [5.41, 5.74) is 2.46. The standard InChI is InChI=1S/C15H16O2S/c1-11(16)14-7-8-15(18-14)13-6-4-3-5-12(13)9-10-17-2/h3-8H,9-10H2,1-2H3. The molecule has 94 valence electrons. The van der Waals surface area contributed by atoms with Crippen LogP contribution in [0.15, 0.2) is 36.4 Å². The number of ketones is 1. The van der Waals surface area contributed by atoms with Crippen molar-refractivity contribution in [2.45, 2.75) is 13.3 Å². The molecule has 2 rings (SSSR count). The molecule has 2 nitrogen and oxygen atoms in total. The van der Waals surface area contributed by atoms with Crippen LogP contribution < -0.4 is 0 Å². The van der Waals surface area contributed by atoms with Gasteiger partial charge in [-0.3, -0.25) is 4.79 Å². The van der Waals surface area contributed by atoms with Crippen LogP contribution in [0.3, 0.4) is 0 Å². The predicted octanol–water partition coefficient (Wildman–Crippen LogP) is 3.81. The van der Waals surface area contributed by atoms with Crippen LogP contribution in [0.25, 0.3) is 10.4 Å². The number of carbonyl (C=O) groups excluding carboxylic acids is 1. The van der Waals surface area contributed by atoms with Gasteiger partial charge in [0.05, 0.1) is 11.5 Å². The third-order valence-corrected chi connectivity index (χ3v) is 4.03. The highest BCUT2D eigenvalue weighted by Gasteiger charge is 2.09. The fraction of sp³-hybridized carbons (Fsp3) is 0.267. The zero-order valence-corrected chi connectivity index (χ0v) is 11.4. The fourth-order valence-corrected chi connectivity index (χ4v) is 2.82. The topological polar surface area (TPSA) is 26.3 Å². The van der Waals surface area contributed by atoms with E-state index < -0.39 is 0 Å². The highest BCUT2D eigenvalue weighted by Crippen LogP contribution is 2.31. The Hall–Kier alpha value is -1.45. The lowest BCUT2D eigenvalue weighted by atomic mass is 10.0. The van der Waals surface area contributed by atoms with Crippen molar-refractivity contribution in [1.82, 2.24) is 0 Å². The van der Waals surface area contributed by atoms with Crippen molar-refractivity contribution in [3.05, 3.63) is 46.8 Å². The summed E-state index contributed by atoms with van der Waals surface area (Å²) in [6.07, 6.45) is 0.889. The lowest BCUT2D eigenvalue weighted by molar-refractivity contribution is 0.102. The van der Waals surface area contributed by atoms with Crippen LogP contribution in [0.5, 0.6) is 0 Å². The lowest BCUT2D eigenvalue weighted by Gasteiger charge is -2.07. The number of carbonyl (C=O) groups is 1. The Labute approximate surface area is 111 Å². The molecule has 0 atom stereocenters. The summed E-state index contributed by atoms with van der Waals surface area (Å²) in [5.74, 6) is 0.126. The first kappa shape index (κ1) is 13.0. The van der Waals surface area contributed by atoms with Crippen LogP contribution in [0, 0.1) is 0 Å². The van der Waals surface area contributed by atoms with E-state index in [2.05, 4.69) is 12.1 Å². The van der Waals surface area contributed by atoms with Gasteiger partial charge in [-0.2, -0.15) is 0 Å². The maximum Gasteiger partial charge on any atom is 0.169 e. The van der Waals surface area contributed by atoms with Crippen LogP contribution in [-0.4, -0.2) is 19.5 Å². The molecule has 0 aliphatic heterocycles. The van der Waals surface area contributed by atoms with E-state index >= 15 is 0 Å². The van der Waals surface area contributed by atoms with Gasteiger partial charge >= 0.3 is 0 Å². The molecule has 0 saturated heterocycles. The van der Waals surface area contributed by atoms with E-state index in [1.54, 1.807) is 25.4 Å². The molecule has 1 aromatic carbocycles. The highest BCUT2D eigenvalue weighted by atomic mass is 32.1. The number of ether oxygens (including phenoxy) is 1. The Kier molecular flexibility index (Phi) is 4.28. The average molecular weight is 260 g/mol. The van der Waals surface area contributed by atoms with Crippen LogP contribution in [-0.2, 0) is 11.2 Å². The molecule has 3 heteroatoms. The van der Waals surface area contributed by atoms with Crippen molar-refractivity contribution in [3.63, 3.8) is 0 Å². The predicted molar refractivity (Wildman–Crippen MR) is 75.3 cm³/mol. The molecule has 0 aliphatic rings. The number of hydrogen-bond donors (Lipinski definition) is 0. The minimum Gasteiger partial charge on any atom is -0.384 e. The molecule has 0 amide bonds. The van der Waals surface area contributed by atoms with Crippen molar-refractivity contribution < 1.29 is 9.53 Å². The van der Waals surface area contributed by atoms with Crippen molar-refractivity contribution in [1.29, 1.82) is 0 Å². The van der Waals surface area contributed by atoms with Crippen molar-refractivity contribution >= 4 is 17.1 Å². The van der Waals surface area contributed by atoms with E-state index in [-0.39, 0.29) is 5.78 Å². The van der Waals surface area contributed by atoms with Gasteiger partial charge < -0.3 is 4.74 Å². The first-order valence-corrected chi connectivity index (χ1v) is 6.72. The second-order valence-corrected chi connectivity index (χ2v) is 5.20. The number of thiophene rings is 1. The van der Waals surface area contributed by atoms with Gasteiger partial charge in [-0.25, -0.2) is 0 Å². The monoisotopic (exact) mass is 260 g/mol. The van der Waals surface area contributed by atoms with E-state index in [1.165, 1.54) is 11.1 Å². The summed E-state index contributed by atoms with van der Waals surface area (Å²) in [4.78, 5) is 13.3. The van der Waals surface area contributed by atoms with Crippen LogP contribution in [0.2, 0.25) is 0 Å². The Bertz CT molecular complexity index is 543. The molecule has 0 bridgehead atoms. The van der Waals surface area contributed by atoms with Gasteiger partial charge in [0.15, 0.2) is 5.78 Å². The first-order valence-electron chi connectivity index (χ1n) is 5.90. The Morgan fingerprint density at radius 3 is 2.67 bits per heavy atom. The van der Waals surface area contributed by atoms with Crippen molar-refractivity contribution in [2.75, 3.05) is 13.7 Å². The fourth-order valence-electron chi connectivity index (χ4n) is 1.86. The molecule has 0 unspecified atom stereocenters. The average Bonchev–Trinajstić information content (AvgIpc) is 2.86. The van der Waals surface area contributed by atoms with Gasteiger partial charge in [-0.15, -0.1) is 11.3 Å². The van der Waals surface area contributed by atoms with Crippen LogP contribution >= 0.6 is 11.3 Å². The number of Topliss-reactive ketones (excluding diaryl/α,β-unsaturated/α-hetero) is 1. The molecule has 2 aromatic rings. The smallest absolute Gasteiger partial charge is 0.169 e. The summed E-state index contributed by atoms with van der Waals surface area (Å²) in [7, 11) is 1.71. The number of benzene rings is 1. The highest BCUT2D eigenvalue weighted by molar-refractivity contribution is 7.17. The molecule has 0 N–H and O–H groups in total. The second-order valence-electron chi connectivity index (χ2n) is 4.12. The van der Waals surface area contributed by atoms with Gasteiger partial charge in [-0.05, 0) is 36.6 Å². The molecule has 0 spiro atoms. The molecular formula is C15H16O2S. The minimum atomic E-state index is 0.126. The summed E-state index contributed by atoms with van der Waals surface area (Å²) in [6, 6.07) is 12.2. The summed E-state index contributed by atoms with van der Waals surface area (Å²) >= 11 is 1.55. The van der Waals surface area contributed by atoms with Gasteiger partial charge in [0.2, 0.25) is 0 Å². The Balaban J connectivity index is 2.33. The summed E-state index contributed by atoms with van der Waals surface area (Å²) < 4.78 is 5.13. The number of rotatable bonds is 5. The zero-order valence-electron chi connectivity index (χ0n) is 10.6. The van der Waals surface area contributed by atoms with Crippen LogP contribution in [0.1, 0.15) is 22.2 Å². The Morgan fingerprint density at radius 1 is 1.22 bits per heavy atom. The third-order valence-electron chi connectivity index (χ3n) is 2.81. The maximum atomic E-state index is 11.3. The van der Waals surface area contributed by atoms with Crippen molar-refractivity contribution in [2.24, 2.45) is 0 Å². The van der Waals surface area contributed by atoms with E-state index in [0.29, 0.717) is 6.61 Å². The quantitative estimate of drug-likeness (QED) is 0.764. The molecule has 0 radical (unpaired) electrons. The molecule has 0 aliphatic carbocycles. The van der Waals surface area contributed by atoms with Crippen molar-refractivity contribution in [3.8, 4) is 10.4 Å². The normalized spacial score (nSPS) is 10.6. The molecule has 0 saturated carbocycles. The number of methoxy groups -OCH3 is 1. The maximum absolute atomic E-state index is 11.3. The number of hydrogen-bond acceptors (Lipinski definition) is 3. The summed E-state index contributed by atoms with van der Waals surface area (Å²) in [5, 5.41) is 0. The van der Waals surface area contributed by atoms with E-state index in [4.69, 9.17) is 4.74 Å².